The van der Waals surface area contributed by atoms with E-state index in [1.54, 1.807) is 13.4 Å². The minimum Gasteiger partial charge on any atom is -0.497 e. The molecule has 1 aromatic carbocycles. The van der Waals surface area contributed by atoms with Crippen molar-refractivity contribution in [3.63, 3.8) is 0 Å². The first-order chi connectivity index (χ1) is 8.86. The molecule has 0 amide bonds. The van der Waals surface area contributed by atoms with Gasteiger partial charge in [-0.3, -0.25) is 0 Å². The largest absolute Gasteiger partial charge is 0.497 e. The molecule has 0 saturated heterocycles. The first-order valence-corrected chi connectivity index (χ1v) is 6.31. The summed E-state index contributed by atoms with van der Waals surface area (Å²) in [5.41, 5.74) is 2.35. The average molecular weight is 243 g/mol. The zero-order valence-electron chi connectivity index (χ0n) is 10.5. The van der Waals surface area contributed by atoms with Gasteiger partial charge in [-0.1, -0.05) is 0 Å². The van der Waals surface area contributed by atoms with E-state index in [0.29, 0.717) is 6.04 Å². The van der Waals surface area contributed by atoms with Crippen molar-refractivity contribution >= 4 is 0 Å². The molecule has 3 rings (SSSR count). The Bertz CT molecular complexity index is 515. The molecule has 3 nitrogen and oxygen atoms in total. The second kappa shape index (κ2) is 4.86. The van der Waals surface area contributed by atoms with Gasteiger partial charge in [0, 0.05) is 18.2 Å². The number of nitrogens with one attached hydrogen (secondary N) is 1. The first-order valence-electron chi connectivity index (χ1n) is 6.31. The van der Waals surface area contributed by atoms with Gasteiger partial charge in [-0.2, -0.15) is 0 Å². The minimum absolute atomic E-state index is 0.695. The third-order valence-corrected chi connectivity index (χ3v) is 3.26. The maximum absolute atomic E-state index is 5.49. The van der Waals surface area contributed by atoms with Gasteiger partial charge in [-0.15, -0.1) is 0 Å². The van der Waals surface area contributed by atoms with Crippen molar-refractivity contribution in [1.29, 1.82) is 0 Å². The fraction of sp³-hybridized carbons (Fsp3) is 0.333. The average Bonchev–Trinajstić information content (AvgIpc) is 3.08. The number of furan rings is 1. The predicted molar refractivity (Wildman–Crippen MR) is 70.6 cm³/mol. The molecule has 1 heterocycles. The lowest BCUT2D eigenvalue weighted by molar-refractivity contribution is 0.414. The Kier molecular flexibility index (Phi) is 3.07. The zero-order valence-corrected chi connectivity index (χ0v) is 10.5. The molecule has 0 bridgehead atoms. The maximum atomic E-state index is 5.49. The van der Waals surface area contributed by atoms with Crippen molar-refractivity contribution in [3.8, 4) is 17.1 Å². The maximum Gasteiger partial charge on any atom is 0.134 e. The summed E-state index contributed by atoms with van der Waals surface area (Å²) in [5.74, 6) is 1.79. The predicted octanol–water partition coefficient (Wildman–Crippen LogP) is 3.21. The summed E-state index contributed by atoms with van der Waals surface area (Å²) < 4.78 is 10.8. The van der Waals surface area contributed by atoms with Gasteiger partial charge < -0.3 is 14.5 Å². The van der Waals surface area contributed by atoms with E-state index < -0.39 is 0 Å². The van der Waals surface area contributed by atoms with Crippen LogP contribution in [-0.2, 0) is 6.54 Å². The van der Waals surface area contributed by atoms with E-state index in [2.05, 4.69) is 17.4 Å². The molecular formula is C15H17NO2. The second-order valence-corrected chi connectivity index (χ2v) is 4.66. The number of rotatable bonds is 5. The molecule has 1 saturated carbocycles. The SMILES string of the molecule is COc1ccc(-c2ccco2)c(CNC2CC2)c1. The molecule has 0 unspecified atom stereocenters. The van der Waals surface area contributed by atoms with E-state index >= 15 is 0 Å². The highest BCUT2D eigenvalue weighted by Crippen LogP contribution is 2.29. The van der Waals surface area contributed by atoms with Gasteiger partial charge in [0.2, 0.25) is 0 Å². The van der Waals surface area contributed by atoms with E-state index in [4.69, 9.17) is 9.15 Å². The molecule has 0 spiro atoms. The second-order valence-electron chi connectivity index (χ2n) is 4.66. The molecule has 2 aromatic rings. The smallest absolute Gasteiger partial charge is 0.134 e. The fourth-order valence-electron chi connectivity index (χ4n) is 2.06. The number of hydrogen-bond donors (Lipinski definition) is 1. The summed E-state index contributed by atoms with van der Waals surface area (Å²) in [6, 6.07) is 10.7. The molecule has 1 aliphatic carbocycles. The lowest BCUT2D eigenvalue weighted by Gasteiger charge is -2.10. The van der Waals surface area contributed by atoms with Crippen molar-refractivity contribution in [3.05, 3.63) is 42.2 Å². The summed E-state index contributed by atoms with van der Waals surface area (Å²) in [6.07, 6.45) is 4.29. The molecule has 1 N–H and O–H groups in total. The Morgan fingerprint density at radius 2 is 2.22 bits per heavy atom. The topological polar surface area (TPSA) is 34.4 Å². The zero-order chi connectivity index (χ0) is 12.4. The van der Waals surface area contributed by atoms with Crippen molar-refractivity contribution in [2.24, 2.45) is 0 Å². The summed E-state index contributed by atoms with van der Waals surface area (Å²) >= 11 is 0. The van der Waals surface area contributed by atoms with Crippen LogP contribution in [0.1, 0.15) is 18.4 Å². The van der Waals surface area contributed by atoms with Gasteiger partial charge in [-0.05, 0) is 48.7 Å². The third-order valence-electron chi connectivity index (χ3n) is 3.26. The molecule has 1 aromatic heterocycles. The normalized spacial score (nSPS) is 14.7. The highest BCUT2D eigenvalue weighted by Gasteiger charge is 2.21. The van der Waals surface area contributed by atoms with Crippen molar-refractivity contribution in [2.75, 3.05) is 7.11 Å². The summed E-state index contributed by atoms with van der Waals surface area (Å²) in [7, 11) is 1.69. The third kappa shape index (κ3) is 2.41. The standard InChI is InChI=1S/C15H17NO2/c1-17-13-6-7-14(15-3-2-8-18-15)11(9-13)10-16-12-4-5-12/h2-3,6-9,12,16H,4-5,10H2,1H3. The monoisotopic (exact) mass is 243 g/mol. The van der Waals surface area contributed by atoms with Crippen LogP contribution in [-0.4, -0.2) is 13.2 Å². The minimum atomic E-state index is 0.695. The summed E-state index contributed by atoms with van der Waals surface area (Å²) in [5, 5.41) is 3.53. The van der Waals surface area contributed by atoms with Gasteiger partial charge >= 0.3 is 0 Å². The molecular weight excluding hydrogens is 226 g/mol. The van der Waals surface area contributed by atoms with Gasteiger partial charge in [0.25, 0.3) is 0 Å². The fourth-order valence-corrected chi connectivity index (χ4v) is 2.06. The lowest BCUT2D eigenvalue weighted by atomic mass is 10.0. The van der Waals surface area contributed by atoms with E-state index in [-0.39, 0.29) is 0 Å². The van der Waals surface area contributed by atoms with E-state index in [1.165, 1.54) is 18.4 Å². The van der Waals surface area contributed by atoms with Crippen molar-refractivity contribution in [2.45, 2.75) is 25.4 Å². The van der Waals surface area contributed by atoms with Crippen LogP contribution in [0.2, 0.25) is 0 Å². The molecule has 0 radical (unpaired) electrons. The van der Waals surface area contributed by atoms with Crippen LogP contribution >= 0.6 is 0 Å². The Morgan fingerprint density at radius 3 is 2.89 bits per heavy atom. The van der Waals surface area contributed by atoms with Gasteiger partial charge in [0.1, 0.15) is 11.5 Å². The van der Waals surface area contributed by atoms with Crippen LogP contribution in [0.5, 0.6) is 5.75 Å². The molecule has 1 aliphatic rings. The Balaban J connectivity index is 1.90. The molecule has 3 heteroatoms. The molecule has 0 atom stereocenters. The molecule has 94 valence electrons. The number of ether oxygens (including phenoxy) is 1. The molecule has 1 fully saturated rings. The van der Waals surface area contributed by atoms with Crippen molar-refractivity contribution in [1.82, 2.24) is 5.32 Å². The number of hydrogen-bond acceptors (Lipinski definition) is 3. The van der Waals surface area contributed by atoms with Crippen LogP contribution in [0, 0.1) is 0 Å². The summed E-state index contributed by atoms with van der Waals surface area (Å²) in [6.45, 7) is 0.859. The lowest BCUT2D eigenvalue weighted by Crippen LogP contribution is -2.15. The van der Waals surface area contributed by atoms with E-state index in [9.17, 15) is 0 Å². The molecule has 0 aliphatic heterocycles. The van der Waals surface area contributed by atoms with Crippen molar-refractivity contribution < 1.29 is 9.15 Å². The number of methoxy groups -OCH3 is 1. The first kappa shape index (κ1) is 11.4. The quantitative estimate of drug-likeness (QED) is 0.875. The Morgan fingerprint density at radius 1 is 1.33 bits per heavy atom. The van der Waals surface area contributed by atoms with Crippen LogP contribution in [0.3, 0.4) is 0 Å². The summed E-state index contributed by atoms with van der Waals surface area (Å²) in [4.78, 5) is 0. The molecule has 18 heavy (non-hydrogen) atoms. The van der Waals surface area contributed by atoms with Gasteiger partial charge in [-0.25, -0.2) is 0 Å². The van der Waals surface area contributed by atoms with Gasteiger partial charge in [0.05, 0.1) is 13.4 Å². The van der Waals surface area contributed by atoms with Crippen LogP contribution in [0.25, 0.3) is 11.3 Å². The Hall–Kier alpha value is -1.74. The Labute approximate surface area is 107 Å². The van der Waals surface area contributed by atoms with Gasteiger partial charge in [0.15, 0.2) is 0 Å². The van der Waals surface area contributed by atoms with Crippen LogP contribution < -0.4 is 10.1 Å². The van der Waals surface area contributed by atoms with Crippen LogP contribution in [0.4, 0.5) is 0 Å². The number of benzene rings is 1. The van der Waals surface area contributed by atoms with E-state index in [0.717, 1.165) is 23.6 Å². The highest BCUT2D eigenvalue weighted by atomic mass is 16.5. The van der Waals surface area contributed by atoms with E-state index in [1.807, 2.05) is 18.2 Å². The van der Waals surface area contributed by atoms with Crippen LogP contribution in [0.15, 0.2) is 41.0 Å². The highest BCUT2D eigenvalue weighted by molar-refractivity contribution is 5.63.